The number of aromatic nitrogens is 1. The summed E-state index contributed by atoms with van der Waals surface area (Å²) < 4.78 is 0. The van der Waals surface area contributed by atoms with Crippen molar-refractivity contribution in [1.82, 2.24) is 4.98 Å². The summed E-state index contributed by atoms with van der Waals surface area (Å²) in [5, 5.41) is 18.5. The van der Waals surface area contributed by atoms with E-state index in [0.717, 1.165) is 36.6 Å². The third-order valence-electron chi connectivity index (χ3n) is 8.99. The van der Waals surface area contributed by atoms with Crippen LogP contribution in [0.5, 0.6) is 0 Å². The van der Waals surface area contributed by atoms with Gasteiger partial charge in [-0.3, -0.25) is 4.79 Å². The van der Waals surface area contributed by atoms with Gasteiger partial charge in [-0.2, -0.15) is 0 Å². The van der Waals surface area contributed by atoms with Crippen molar-refractivity contribution >= 4 is 49.0 Å². The second-order valence-electron chi connectivity index (χ2n) is 11.0. The molecule has 0 saturated heterocycles. The molecule has 0 atom stereocenters. The Balaban J connectivity index is 0.000000225. The predicted molar refractivity (Wildman–Crippen MR) is 166 cm³/mol. The van der Waals surface area contributed by atoms with Gasteiger partial charge in [0.1, 0.15) is 5.76 Å². The Morgan fingerprint density at radius 1 is 0.775 bits per heavy atom. The summed E-state index contributed by atoms with van der Waals surface area (Å²) in [4.78, 5) is 16.9. The minimum atomic E-state index is -0.337. The van der Waals surface area contributed by atoms with Gasteiger partial charge in [0.2, 0.25) is 0 Å². The van der Waals surface area contributed by atoms with Crippen LogP contribution in [0.25, 0.3) is 43.2 Å². The molecule has 5 aromatic rings. The molecule has 211 valence electrons. The average molecular weight is 711 g/mol. The van der Waals surface area contributed by atoms with Crippen LogP contribution in [0.2, 0.25) is 0 Å². The van der Waals surface area contributed by atoms with E-state index in [9.17, 15) is 9.90 Å². The van der Waals surface area contributed by atoms with E-state index in [0.29, 0.717) is 0 Å². The first-order valence-electron chi connectivity index (χ1n) is 14.2. The molecule has 0 unspecified atom stereocenters. The molecular formula is C36H40IrNO2-. The number of nitrogens with zero attached hydrogens (tertiary/aromatic N) is 1. The number of rotatable bonds is 7. The topological polar surface area (TPSA) is 50.2 Å². The molecule has 5 rings (SSSR count). The number of aliphatic hydroxyl groups is 1. The Morgan fingerprint density at radius 3 is 1.90 bits per heavy atom. The van der Waals surface area contributed by atoms with Gasteiger partial charge in [0.15, 0.2) is 5.78 Å². The van der Waals surface area contributed by atoms with Gasteiger partial charge in [-0.05, 0) is 47.4 Å². The minimum Gasteiger partial charge on any atom is -0.512 e. The zero-order valence-electron chi connectivity index (χ0n) is 24.5. The fraction of sp³-hybridized carbons (Fsp3) is 0.333. The van der Waals surface area contributed by atoms with Crippen molar-refractivity contribution < 1.29 is 30.0 Å². The molecule has 3 nitrogen and oxygen atoms in total. The third-order valence-corrected chi connectivity index (χ3v) is 8.99. The molecule has 1 N–H and O–H groups in total. The number of allylic oxidation sites excluding steroid dienone is 2. The van der Waals surface area contributed by atoms with Crippen molar-refractivity contribution in [3.05, 3.63) is 90.8 Å². The summed E-state index contributed by atoms with van der Waals surface area (Å²) in [5.41, 5.74) is 0.427. The molecule has 0 bridgehead atoms. The molecule has 0 aliphatic heterocycles. The summed E-state index contributed by atoms with van der Waals surface area (Å²) >= 11 is 0. The summed E-state index contributed by atoms with van der Waals surface area (Å²) in [6.07, 6.45) is 6.71. The van der Waals surface area contributed by atoms with Crippen molar-refractivity contribution in [1.29, 1.82) is 0 Å². The second kappa shape index (κ2) is 13.1. The van der Waals surface area contributed by atoms with Crippen LogP contribution in [-0.4, -0.2) is 15.9 Å². The number of carbonyl (C=O) groups is 1. The Bertz CT molecular complexity index is 1570. The molecule has 0 amide bonds. The van der Waals surface area contributed by atoms with Crippen molar-refractivity contribution in [2.75, 3.05) is 0 Å². The molecule has 1 radical (unpaired) electrons. The van der Waals surface area contributed by atoms with Gasteiger partial charge in [-0.1, -0.05) is 118 Å². The van der Waals surface area contributed by atoms with Crippen LogP contribution in [0.3, 0.4) is 0 Å². The standard InChI is InChI=1S/C21H12N.C15H28O2.Ir/c1-3-7-16-14(5-1)9-10-20-18(16)11-12-19-17-8-4-2-6-15(17)13-22-21(19)20;1-7-14(5,8-2)12(16)11-13(17)15(6,9-3)10-4;/h1-9,11-13H;11,16H,7-10H2,1-6H3;/q-1;;/b;12-11-;. The van der Waals surface area contributed by atoms with Crippen LogP contribution >= 0.6 is 0 Å². The van der Waals surface area contributed by atoms with Crippen LogP contribution in [0, 0.1) is 16.9 Å². The third kappa shape index (κ3) is 5.99. The number of ketones is 1. The Kier molecular flexibility index (Phi) is 10.3. The van der Waals surface area contributed by atoms with Gasteiger partial charge < -0.3 is 10.1 Å². The summed E-state index contributed by atoms with van der Waals surface area (Å²) in [6, 6.07) is 26.7. The van der Waals surface area contributed by atoms with Crippen LogP contribution in [0.4, 0.5) is 0 Å². The van der Waals surface area contributed by atoms with E-state index in [1.807, 2.05) is 47.7 Å². The second-order valence-corrected chi connectivity index (χ2v) is 11.0. The summed E-state index contributed by atoms with van der Waals surface area (Å²) in [6.45, 7) is 12.1. The number of hydrogen-bond donors (Lipinski definition) is 1. The molecule has 1 heterocycles. The van der Waals surface area contributed by atoms with Gasteiger partial charge in [-0.25, -0.2) is 0 Å². The van der Waals surface area contributed by atoms with E-state index in [2.05, 4.69) is 72.8 Å². The fourth-order valence-corrected chi connectivity index (χ4v) is 5.00. The molecule has 40 heavy (non-hydrogen) atoms. The van der Waals surface area contributed by atoms with E-state index >= 15 is 0 Å². The summed E-state index contributed by atoms with van der Waals surface area (Å²) in [7, 11) is 0. The van der Waals surface area contributed by atoms with Crippen molar-refractivity contribution in [3.63, 3.8) is 0 Å². The number of aliphatic hydroxyl groups excluding tert-OH is 1. The zero-order chi connectivity index (χ0) is 28.2. The quantitative estimate of drug-likeness (QED) is 0.0792. The molecule has 0 spiro atoms. The smallest absolute Gasteiger partial charge is 0.164 e. The Hall–Kier alpha value is -3.07. The minimum absolute atomic E-state index is 0. The number of hydrogen-bond acceptors (Lipinski definition) is 3. The largest absolute Gasteiger partial charge is 0.512 e. The van der Waals surface area contributed by atoms with E-state index < -0.39 is 0 Å². The van der Waals surface area contributed by atoms with E-state index in [1.165, 1.54) is 38.4 Å². The molecule has 0 saturated carbocycles. The Morgan fingerprint density at radius 2 is 1.30 bits per heavy atom. The molecule has 0 aliphatic carbocycles. The molecule has 0 aliphatic rings. The molecule has 1 aromatic heterocycles. The molecule has 4 aromatic carbocycles. The molecule has 0 fully saturated rings. The summed E-state index contributed by atoms with van der Waals surface area (Å²) in [5.74, 6) is 0.286. The molecule has 4 heteroatoms. The van der Waals surface area contributed by atoms with Crippen molar-refractivity contribution in [3.8, 4) is 0 Å². The predicted octanol–water partition coefficient (Wildman–Crippen LogP) is 10.1. The van der Waals surface area contributed by atoms with Gasteiger partial charge >= 0.3 is 0 Å². The van der Waals surface area contributed by atoms with Crippen molar-refractivity contribution in [2.45, 2.75) is 67.2 Å². The SMILES string of the molecule is CCC(C)(CC)C(=O)/C=C(\O)C(C)(CC)CC.[Ir].[c-]1cc2ccccc2c2ccc3c4ccccc4cnc3c12. The first kappa shape index (κ1) is 31.5. The van der Waals surface area contributed by atoms with Crippen LogP contribution in [0.1, 0.15) is 67.2 Å². The Labute approximate surface area is 252 Å². The zero-order valence-corrected chi connectivity index (χ0v) is 26.9. The van der Waals surface area contributed by atoms with Gasteiger partial charge in [0.25, 0.3) is 0 Å². The average Bonchev–Trinajstić information content (AvgIpc) is 2.99. The number of benzene rings is 4. The molecular weight excluding hydrogens is 671 g/mol. The number of pyridine rings is 1. The fourth-order valence-electron chi connectivity index (χ4n) is 5.00. The van der Waals surface area contributed by atoms with E-state index in [4.69, 9.17) is 4.98 Å². The monoisotopic (exact) mass is 711 g/mol. The van der Waals surface area contributed by atoms with Crippen LogP contribution in [-0.2, 0) is 24.9 Å². The first-order chi connectivity index (χ1) is 18.7. The van der Waals surface area contributed by atoms with Gasteiger partial charge in [-0.15, -0.1) is 17.5 Å². The normalized spacial score (nSPS) is 12.3. The van der Waals surface area contributed by atoms with Gasteiger partial charge in [0, 0.05) is 43.2 Å². The van der Waals surface area contributed by atoms with E-state index in [-0.39, 0.29) is 42.5 Å². The maximum absolute atomic E-state index is 12.2. The maximum Gasteiger partial charge on any atom is 0.164 e. The van der Waals surface area contributed by atoms with Gasteiger partial charge in [0.05, 0.1) is 0 Å². The van der Waals surface area contributed by atoms with Crippen molar-refractivity contribution in [2.24, 2.45) is 10.8 Å². The number of carbonyl (C=O) groups excluding carboxylic acids is 1. The first-order valence-corrected chi connectivity index (χ1v) is 14.2. The van der Waals surface area contributed by atoms with E-state index in [1.54, 1.807) is 0 Å². The van der Waals surface area contributed by atoms with Crippen LogP contribution in [0.15, 0.2) is 84.8 Å². The number of fused-ring (bicyclic) bond motifs is 7. The van der Waals surface area contributed by atoms with Crippen LogP contribution < -0.4 is 0 Å². The maximum atomic E-state index is 12.2.